The Kier molecular flexibility index (Phi) is 2.91. The Bertz CT molecular complexity index is 781. The molecule has 1 amide bonds. The minimum Gasteiger partial charge on any atom is -0.399 e. The molecular formula is C12H14N4O3S. The van der Waals surface area contributed by atoms with Crippen molar-refractivity contribution in [1.82, 2.24) is 15.0 Å². The van der Waals surface area contributed by atoms with Crippen LogP contribution in [0.15, 0.2) is 29.3 Å². The summed E-state index contributed by atoms with van der Waals surface area (Å²) >= 11 is 0. The van der Waals surface area contributed by atoms with Gasteiger partial charge in [-0.05, 0) is 18.2 Å². The van der Waals surface area contributed by atoms with Crippen LogP contribution < -0.4 is 15.8 Å². The van der Waals surface area contributed by atoms with E-state index in [0.29, 0.717) is 23.1 Å². The first-order valence-electron chi connectivity index (χ1n) is 6.11. The molecule has 0 aliphatic carbocycles. The molecule has 1 saturated heterocycles. The molecule has 0 saturated carbocycles. The lowest BCUT2D eigenvalue weighted by atomic mass is 10.2. The molecule has 3 rings (SSSR count). The first-order chi connectivity index (χ1) is 9.45. The summed E-state index contributed by atoms with van der Waals surface area (Å²) in [7, 11) is -3.70. The van der Waals surface area contributed by atoms with E-state index in [0.717, 1.165) is 0 Å². The van der Waals surface area contributed by atoms with E-state index >= 15 is 0 Å². The number of nitrogens with two attached hydrogens (primary N) is 1. The summed E-state index contributed by atoms with van der Waals surface area (Å²) in [4.78, 5) is 14.2. The highest BCUT2D eigenvalue weighted by molar-refractivity contribution is 7.89. The minimum absolute atomic E-state index is 0.138. The van der Waals surface area contributed by atoms with Crippen molar-refractivity contribution in [1.29, 1.82) is 0 Å². The van der Waals surface area contributed by atoms with E-state index in [1.54, 1.807) is 18.2 Å². The fourth-order valence-electron chi connectivity index (χ4n) is 2.31. The molecule has 2 aromatic rings. The average Bonchev–Trinajstić information content (AvgIpc) is 2.95. The van der Waals surface area contributed by atoms with Gasteiger partial charge in [0.15, 0.2) is 0 Å². The molecule has 5 N–H and O–H groups in total. The third-order valence-corrected chi connectivity index (χ3v) is 4.82. The third kappa shape index (κ3) is 2.23. The van der Waals surface area contributed by atoms with Crippen LogP contribution in [0.4, 0.5) is 5.69 Å². The van der Waals surface area contributed by atoms with E-state index in [1.165, 1.54) is 6.20 Å². The van der Waals surface area contributed by atoms with Crippen molar-refractivity contribution < 1.29 is 13.2 Å². The number of aromatic amines is 1. The topological polar surface area (TPSA) is 117 Å². The maximum absolute atomic E-state index is 12.4. The predicted molar refractivity (Wildman–Crippen MR) is 74.4 cm³/mol. The number of nitrogen functional groups attached to an aromatic ring is 1. The van der Waals surface area contributed by atoms with Gasteiger partial charge < -0.3 is 16.0 Å². The summed E-state index contributed by atoms with van der Waals surface area (Å²) < 4.78 is 27.3. The molecule has 0 radical (unpaired) electrons. The lowest BCUT2D eigenvalue weighted by molar-refractivity contribution is -0.119. The number of benzene rings is 1. The molecule has 1 fully saturated rings. The van der Waals surface area contributed by atoms with Gasteiger partial charge in [-0.15, -0.1) is 0 Å². The molecule has 2 heterocycles. The summed E-state index contributed by atoms with van der Waals surface area (Å²) in [5.74, 6) is -0.152. The molecule has 8 heteroatoms. The van der Waals surface area contributed by atoms with E-state index < -0.39 is 16.1 Å². The van der Waals surface area contributed by atoms with Crippen LogP contribution in [-0.4, -0.2) is 31.9 Å². The van der Waals surface area contributed by atoms with Gasteiger partial charge in [-0.1, -0.05) is 0 Å². The summed E-state index contributed by atoms with van der Waals surface area (Å²) in [6, 6.07) is 4.61. The van der Waals surface area contributed by atoms with Crippen molar-refractivity contribution >= 4 is 32.5 Å². The quantitative estimate of drug-likeness (QED) is 0.592. The Balaban J connectivity index is 1.96. The van der Waals surface area contributed by atoms with E-state index in [4.69, 9.17) is 5.73 Å². The van der Waals surface area contributed by atoms with Gasteiger partial charge in [0.1, 0.15) is 4.90 Å². The highest BCUT2D eigenvalue weighted by Gasteiger charge is 2.28. The van der Waals surface area contributed by atoms with Gasteiger partial charge in [0, 0.05) is 41.8 Å². The zero-order chi connectivity index (χ0) is 14.3. The number of rotatable bonds is 3. The zero-order valence-corrected chi connectivity index (χ0v) is 11.3. The fraction of sp³-hybridized carbons (Fsp3) is 0.250. The van der Waals surface area contributed by atoms with E-state index in [9.17, 15) is 13.2 Å². The predicted octanol–water partition coefficient (Wildman–Crippen LogP) is -0.0831. The van der Waals surface area contributed by atoms with Crippen molar-refractivity contribution in [3.05, 3.63) is 24.4 Å². The molecule has 7 nitrogen and oxygen atoms in total. The number of H-pyrrole nitrogens is 1. The number of hydrogen-bond acceptors (Lipinski definition) is 4. The van der Waals surface area contributed by atoms with Crippen molar-refractivity contribution in [3.8, 4) is 0 Å². The molecule has 1 aromatic carbocycles. The largest absolute Gasteiger partial charge is 0.399 e. The van der Waals surface area contributed by atoms with Crippen LogP contribution in [0.25, 0.3) is 10.9 Å². The van der Waals surface area contributed by atoms with Crippen LogP contribution in [-0.2, 0) is 14.8 Å². The Morgan fingerprint density at radius 3 is 2.85 bits per heavy atom. The lowest BCUT2D eigenvalue weighted by Crippen LogP contribution is -2.36. The number of anilines is 1. The van der Waals surface area contributed by atoms with Crippen molar-refractivity contribution in [2.45, 2.75) is 17.4 Å². The molecule has 1 aliphatic heterocycles. The van der Waals surface area contributed by atoms with Gasteiger partial charge in [0.2, 0.25) is 15.9 Å². The van der Waals surface area contributed by atoms with Crippen LogP contribution in [0.5, 0.6) is 0 Å². The van der Waals surface area contributed by atoms with Gasteiger partial charge in [0.05, 0.1) is 0 Å². The normalized spacial score (nSPS) is 19.4. The fourth-order valence-corrected chi connectivity index (χ4v) is 3.71. The van der Waals surface area contributed by atoms with Crippen LogP contribution in [0.1, 0.15) is 6.42 Å². The number of sulfonamides is 1. The Labute approximate surface area is 115 Å². The highest BCUT2D eigenvalue weighted by atomic mass is 32.2. The average molecular weight is 294 g/mol. The van der Waals surface area contributed by atoms with Gasteiger partial charge >= 0.3 is 0 Å². The molecular weight excluding hydrogens is 280 g/mol. The Hall–Kier alpha value is -2.06. The molecule has 1 aromatic heterocycles. The van der Waals surface area contributed by atoms with E-state index in [-0.39, 0.29) is 17.2 Å². The molecule has 1 unspecified atom stereocenters. The number of carbonyl (C=O) groups is 1. The van der Waals surface area contributed by atoms with Gasteiger partial charge in [-0.3, -0.25) is 4.79 Å². The van der Waals surface area contributed by atoms with Gasteiger partial charge in [-0.2, -0.15) is 0 Å². The molecule has 1 atom stereocenters. The Morgan fingerprint density at radius 1 is 1.35 bits per heavy atom. The number of fused-ring (bicyclic) bond motifs is 1. The van der Waals surface area contributed by atoms with Crippen LogP contribution in [0.3, 0.4) is 0 Å². The standard InChI is InChI=1S/C12H14N4O3S/c13-7-1-2-10-9(3-7)11(6-14-10)20(18,19)16-8-4-12(17)15-5-8/h1-3,6,8,14,16H,4-5,13H2,(H,15,17). The lowest BCUT2D eigenvalue weighted by Gasteiger charge is -2.10. The first kappa shape index (κ1) is 12.9. The molecule has 0 spiro atoms. The summed E-state index contributed by atoms with van der Waals surface area (Å²) in [5, 5.41) is 3.13. The number of aromatic nitrogens is 1. The van der Waals surface area contributed by atoms with Crippen LogP contribution in [0, 0.1) is 0 Å². The second-order valence-electron chi connectivity index (χ2n) is 4.78. The number of carbonyl (C=O) groups excluding carboxylic acids is 1. The third-order valence-electron chi connectivity index (χ3n) is 3.26. The smallest absolute Gasteiger partial charge is 0.243 e. The second-order valence-corrected chi connectivity index (χ2v) is 6.47. The van der Waals surface area contributed by atoms with Gasteiger partial charge in [-0.25, -0.2) is 13.1 Å². The minimum atomic E-state index is -3.70. The van der Waals surface area contributed by atoms with Crippen molar-refractivity contribution in [3.63, 3.8) is 0 Å². The first-order valence-corrected chi connectivity index (χ1v) is 7.60. The van der Waals surface area contributed by atoms with Crippen LogP contribution in [0.2, 0.25) is 0 Å². The monoisotopic (exact) mass is 294 g/mol. The SMILES string of the molecule is Nc1ccc2[nH]cc(S(=O)(=O)NC3CNC(=O)C3)c2c1. The van der Waals surface area contributed by atoms with E-state index in [1.807, 2.05) is 0 Å². The maximum atomic E-state index is 12.4. The number of hydrogen-bond donors (Lipinski definition) is 4. The number of nitrogens with one attached hydrogen (secondary N) is 3. The van der Waals surface area contributed by atoms with Crippen molar-refractivity contribution in [2.24, 2.45) is 0 Å². The number of amides is 1. The molecule has 0 bridgehead atoms. The summed E-state index contributed by atoms with van der Waals surface area (Å²) in [6.07, 6.45) is 1.58. The molecule has 20 heavy (non-hydrogen) atoms. The highest BCUT2D eigenvalue weighted by Crippen LogP contribution is 2.25. The molecule has 106 valence electrons. The summed E-state index contributed by atoms with van der Waals surface area (Å²) in [6.45, 7) is 0.308. The van der Waals surface area contributed by atoms with E-state index in [2.05, 4.69) is 15.0 Å². The molecule has 1 aliphatic rings. The second kappa shape index (κ2) is 4.50. The van der Waals surface area contributed by atoms with Crippen molar-refractivity contribution in [2.75, 3.05) is 12.3 Å². The zero-order valence-electron chi connectivity index (χ0n) is 10.5. The summed E-state index contributed by atoms with van der Waals surface area (Å²) in [5.41, 5.74) is 6.88. The maximum Gasteiger partial charge on any atom is 0.243 e. The van der Waals surface area contributed by atoms with Crippen LogP contribution >= 0.6 is 0 Å². The van der Waals surface area contributed by atoms with Gasteiger partial charge in [0.25, 0.3) is 0 Å². The Morgan fingerprint density at radius 2 is 2.15 bits per heavy atom.